The monoisotopic (exact) mass is 344 g/mol. The van der Waals surface area contributed by atoms with E-state index in [1.807, 2.05) is 6.20 Å². The third kappa shape index (κ3) is 2.45. The fourth-order valence-corrected chi connectivity index (χ4v) is 4.93. The van der Waals surface area contributed by atoms with Gasteiger partial charge in [-0.15, -0.1) is 11.3 Å². The van der Waals surface area contributed by atoms with E-state index >= 15 is 0 Å². The minimum absolute atomic E-state index is 0.321. The Morgan fingerprint density at radius 2 is 2.47 bits per heavy atom. The Morgan fingerprint density at radius 1 is 1.63 bits per heavy atom. The van der Waals surface area contributed by atoms with Crippen molar-refractivity contribution in [3.05, 3.63) is 15.0 Å². The molecule has 1 aromatic heterocycles. The van der Waals surface area contributed by atoms with E-state index in [1.54, 1.807) is 11.3 Å². The van der Waals surface area contributed by atoms with Crippen molar-refractivity contribution in [2.75, 3.05) is 13.1 Å². The van der Waals surface area contributed by atoms with Crippen molar-refractivity contribution in [1.29, 1.82) is 0 Å². The normalized spacial score (nSPS) is 31.3. The van der Waals surface area contributed by atoms with E-state index in [-0.39, 0.29) is 0 Å². The molecule has 1 saturated carbocycles. The SMILES string of the molecule is O=C(O)[C@@]12CCCC[C@@H]1CN(Cc1ncc(Br)s1)C2. The van der Waals surface area contributed by atoms with Crippen LogP contribution < -0.4 is 0 Å². The Bertz CT molecular complexity index is 493. The van der Waals surface area contributed by atoms with Crippen LogP contribution in [-0.4, -0.2) is 34.0 Å². The minimum Gasteiger partial charge on any atom is -0.481 e. The van der Waals surface area contributed by atoms with Crippen LogP contribution in [0.3, 0.4) is 0 Å². The molecule has 1 N–H and O–H groups in total. The zero-order valence-corrected chi connectivity index (χ0v) is 13.0. The predicted octanol–water partition coefficient (Wildman–Crippen LogP) is 2.98. The summed E-state index contributed by atoms with van der Waals surface area (Å²) in [6, 6.07) is 0. The van der Waals surface area contributed by atoms with Gasteiger partial charge in [-0.3, -0.25) is 9.69 Å². The number of rotatable bonds is 3. The fraction of sp³-hybridized carbons (Fsp3) is 0.692. The summed E-state index contributed by atoms with van der Waals surface area (Å²) in [5.41, 5.74) is -0.493. The molecule has 2 heterocycles. The Kier molecular flexibility index (Phi) is 3.66. The number of aromatic nitrogens is 1. The molecule has 0 spiro atoms. The highest BCUT2D eigenvalue weighted by Gasteiger charge is 2.52. The van der Waals surface area contributed by atoms with Crippen molar-refractivity contribution < 1.29 is 9.90 Å². The van der Waals surface area contributed by atoms with Crippen molar-refractivity contribution in [2.45, 2.75) is 32.2 Å². The second-order valence-electron chi connectivity index (χ2n) is 5.63. The molecule has 6 heteroatoms. The lowest BCUT2D eigenvalue weighted by molar-refractivity contribution is -0.152. The van der Waals surface area contributed by atoms with Gasteiger partial charge in [0.15, 0.2) is 0 Å². The maximum absolute atomic E-state index is 11.7. The van der Waals surface area contributed by atoms with E-state index in [4.69, 9.17) is 0 Å². The molecule has 1 aliphatic carbocycles. The number of hydrogen-bond acceptors (Lipinski definition) is 4. The quantitative estimate of drug-likeness (QED) is 0.915. The lowest BCUT2D eigenvalue weighted by atomic mass is 9.68. The molecule has 0 amide bonds. The van der Waals surface area contributed by atoms with Crippen LogP contribution in [0.25, 0.3) is 0 Å². The average Bonchev–Trinajstić information content (AvgIpc) is 2.93. The van der Waals surface area contributed by atoms with Gasteiger partial charge < -0.3 is 5.11 Å². The van der Waals surface area contributed by atoms with E-state index in [9.17, 15) is 9.90 Å². The van der Waals surface area contributed by atoms with Gasteiger partial charge in [-0.1, -0.05) is 12.8 Å². The second kappa shape index (κ2) is 5.14. The average molecular weight is 345 g/mol. The number of carboxylic acids is 1. The molecule has 2 fully saturated rings. The highest BCUT2D eigenvalue weighted by Crippen LogP contribution is 2.47. The summed E-state index contributed by atoms with van der Waals surface area (Å²) in [4.78, 5) is 18.3. The Labute approximate surface area is 125 Å². The molecule has 1 aromatic rings. The number of carbonyl (C=O) groups is 1. The number of halogens is 1. The maximum atomic E-state index is 11.7. The first-order valence-corrected chi connectivity index (χ1v) is 8.27. The number of carboxylic acid groups (broad SMARTS) is 1. The van der Waals surface area contributed by atoms with Crippen LogP contribution in [0.15, 0.2) is 9.98 Å². The standard InChI is InChI=1S/C13H17BrN2O2S/c14-10-5-15-11(19-10)7-16-6-9-3-1-2-4-13(9,8-16)12(17)18/h5,9H,1-4,6-8H2,(H,17,18)/t9-,13-/m1/s1. The zero-order chi connectivity index (χ0) is 13.5. The third-order valence-electron chi connectivity index (χ3n) is 4.50. The van der Waals surface area contributed by atoms with Gasteiger partial charge in [0.25, 0.3) is 0 Å². The number of nitrogens with zero attached hydrogens (tertiary/aromatic N) is 2. The van der Waals surface area contributed by atoms with Gasteiger partial charge in [-0.25, -0.2) is 4.98 Å². The maximum Gasteiger partial charge on any atom is 0.311 e. The van der Waals surface area contributed by atoms with Crippen LogP contribution in [0.4, 0.5) is 0 Å². The molecule has 2 atom stereocenters. The van der Waals surface area contributed by atoms with E-state index in [0.29, 0.717) is 12.5 Å². The molecule has 0 radical (unpaired) electrons. The molecule has 1 aliphatic heterocycles. The van der Waals surface area contributed by atoms with Crippen LogP contribution in [0.2, 0.25) is 0 Å². The molecule has 0 bridgehead atoms. The first-order chi connectivity index (χ1) is 9.10. The third-order valence-corrected chi connectivity index (χ3v) is 5.96. The van der Waals surface area contributed by atoms with Gasteiger partial charge in [-0.2, -0.15) is 0 Å². The Hall–Kier alpha value is -0.460. The van der Waals surface area contributed by atoms with Crippen LogP contribution in [0, 0.1) is 11.3 Å². The molecule has 2 aliphatic rings. The van der Waals surface area contributed by atoms with Crippen molar-refractivity contribution in [3.8, 4) is 0 Å². The Balaban J connectivity index is 1.75. The summed E-state index contributed by atoms with van der Waals surface area (Å²) in [5, 5.41) is 10.7. The number of hydrogen-bond donors (Lipinski definition) is 1. The lowest BCUT2D eigenvalue weighted by Gasteiger charge is -2.34. The minimum atomic E-state index is -0.597. The number of likely N-dealkylation sites (tertiary alicyclic amines) is 1. The van der Waals surface area contributed by atoms with Gasteiger partial charge in [0.1, 0.15) is 5.01 Å². The van der Waals surface area contributed by atoms with Crippen LogP contribution in [-0.2, 0) is 11.3 Å². The second-order valence-corrected chi connectivity index (χ2v) is 8.13. The van der Waals surface area contributed by atoms with Crippen LogP contribution in [0.1, 0.15) is 30.7 Å². The summed E-state index contributed by atoms with van der Waals surface area (Å²) in [6.45, 7) is 2.37. The molecule has 0 aromatic carbocycles. The molecule has 1 saturated heterocycles. The van der Waals surface area contributed by atoms with Gasteiger partial charge in [-0.05, 0) is 34.7 Å². The summed E-state index contributed by atoms with van der Waals surface area (Å²) in [6.07, 6.45) is 5.95. The zero-order valence-electron chi connectivity index (χ0n) is 10.6. The van der Waals surface area contributed by atoms with Crippen molar-refractivity contribution >= 4 is 33.2 Å². The van der Waals surface area contributed by atoms with Crippen molar-refractivity contribution in [3.63, 3.8) is 0 Å². The lowest BCUT2D eigenvalue weighted by Crippen LogP contribution is -2.41. The van der Waals surface area contributed by atoms with Gasteiger partial charge in [0, 0.05) is 13.1 Å². The van der Waals surface area contributed by atoms with Crippen molar-refractivity contribution in [1.82, 2.24) is 9.88 Å². The highest BCUT2D eigenvalue weighted by atomic mass is 79.9. The van der Waals surface area contributed by atoms with E-state index in [0.717, 1.165) is 41.1 Å². The highest BCUT2D eigenvalue weighted by molar-refractivity contribution is 9.11. The molecular weight excluding hydrogens is 328 g/mol. The fourth-order valence-electron chi connectivity index (χ4n) is 3.58. The largest absolute Gasteiger partial charge is 0.481 e. The van der Waals surface area contributed by atoms with Crippen LogP contribution >= 0.6 is 27.3 Å². The first kappa shape index (κ1) is 13.5. The summed E-state index contributed by atoms with van der Waals surface area (Å²) in [5.74, 6) is -0.276. The predicted molar refractivity (Wildman–Crippen MR) is 77.1 cm³/mol. The van der Waals surface area contributed by atoms with Crippen molar-refractivity contribution in [2.24, 2.45) is 11.3 Å². The number of fused-ring (bicyclic) bond motifs is 1. The topological polar surface area (TPSA) is 53.4 Å². The van der Waals surface area contributed by atoms with Gasteiger partial charge >= 0.3 is 5.97 Å². The molecular formula is C13H17BrN2O2S. The summed E-state index contributed by atoms with van der Waals surface area (Å²) >= 11 is 5.05. The number of aliphatic carboxylic acids is 1. The van der Waals surface area contributed by atoms with E-state index in [2.05, 4.69) is 25.8 Å². The molecule has 4 nitrogen and oxygen atoms in total. The summed E-state index contributed by atoms with van der Waals surface area (Å²) in [7, 11) is 0. The number of thiazole rings is 1. The van der Waals surface area contributed by atoms with Gasteiger partial charge in [0.2, 0.25) is 0 Å². The van der Waals surface area contributed by atoms with E-state index in [1.165, 1.54) is 6.42 Å². The Morgan fingerprint density at radius 3 is 3.11 bits per heavy atom. The van der Waals surface area contributed by atoms with E-state index < -0.39 is 11.4 Å². The smallest absolute Gasteiger partial charge is 0.311 e. The molecule has 104 valence electrons. The molecule has 19 heavy (non-hydrogen) atoms. The van der Waals surface area contributed by atoms with Crippen LogP contribution in [0.5, 0.6) is 0 Å². The molecule has 0 unspecified atom stereocenters. The van der Waals surface area contributed by atoms with Gasteiger partial charge in [0.05, 0.1) is 21.9 Å². The first-order valence-electron chi connectivity index (χ1n) is 6.66. The molecule has 3 rings (SSSR count). The summed E-state index contributed by atoms with van der Waals surface area (Å²) < 4.78 is 1.03.